The molecule has 0 spiro atoms. The van der Waals surface area contributed by atoms with E-state index < -0.39 is 0 Å². The third-order valence-electron chi connectivity index (χ3n) is 6.16. The first-order valence-electron chi connectivity index (χ1n) is 12.0. The number of nitrogens with zero attached hydrogens (tertiary/aromatic N) is 5. The normalized spacial score (nSPS) is 13.9. The molecule has 1 amide bonds. The number of rotatable bonds is 10. The molecule has 38 heavy (non-hydrogen) atoms. The number of carbonyl (C=O) groups excluding carboxylic acids is 1. The summed E-state index contributed by atoms with van der Waals surface area (Å²) in [5.74, 6) is 0.879. The lowest BCUT2D eigenvalue weighted by Gasteiger charge is -2.38. The highest BCUT2D eigenvalue weighted by Crippen LogP contribution is 2.38. The minimum absolute atomic E-state index is 0.0422. The van der Waals surface area contributed by atoms with E-state index in [0.29, 0.717) is 53.3 Å². The van der Waals surface area contributed by atoms with Gasteiger partial charge in [-0.15, -0.1) is 0 Å². The largest absolute Gasteiger partial charge is 0.497 e. The molecule has 0 bridgehead atoms. The number of likely N-dealkylation sites (tertiary alicyclic amines) is 1. The average molecular weight is 543 g/mol. The maximum atomic E-state index is 13.7. The van der Waals surface area contributed by atoms with Gasteiger partial charge in [-0.2, -0.15) is 4.98 Å². The number of amides is 1. The van der Waals surface area contributed by atoms with Crippen molar-refractivity contribution in [2.45, 2.75) is 12.6 Å². The van der Waals surface area contributed by atoms with Crippen molar-refractivity contribution in [3.8, 4) is 22.6 Å². The molecule has 0 unspecified atom stereocenters. The van der Waals surface area contributed by atoms with Crippen molar-refractivity contribution in [3.63, 3.8) is 0 Å². The lowest BCUT2D eigenvalue weighted by Crippen LogP contribution is -2.54. The second-order valence-electron chi connectivity index (χ2n) is 9.11. The van der Waals surface area contributed by atoms with E-state index in [1.807, 2.05) is 25.1 Å². The van der Waals surface area contributed by atoms with Crippen LogP contribution in [0.4, 0.5) is 5.95 Å². The Kier molecular flexibility index (Phi) is 8.50. The van der Waals surface area contributed by atoms with Gasteiger partial charge in [0.25, 0.3) is 5.56 Å². The molecule has 2 aromatic heterocycles. The number of ether oxygens (including phenoxy) is 3. The van der Waals surface area contributed by atoms with Crippen LogP contribution >= 0.6 is 11.6 Å². The Hall–Kier alpha value is -3.67. The van der Waals surface area contributed by atoms with Crippen molar-refractivity contribution >= 4 is 34.5 Å². The molecule has 4 rings (SSSR count). The van der Waals surface area contributed by atoms with E-state index in [1.54, 1.807) is 35.4 Å². The van der Waals surface area contributed by atoms with E-state index in [1.165, 1.54) is 18.8 Å². The van der Waals surface area contributed by atoms with Gasteiger partial charge in [0.05, 0.1) is 38.5 Å². The SMILES string of the molecule is COc1cc(OC)c(Cl)c(-c2cc3cnc(N)nc3n(CCOC3CN(C(=O)/C=C/CN(C)C)C3)c2=O)c1. The quantitative estimate of drug-likeness (QED) is 0.383. The van der Waals surface area contributed by atoms with E-state index >= 15 is 0 Å². The second kappa shape index (κ2) is 11.8. The summed E-state index contributed by atoms with van der Waals surface area (Å²) in [6.07, 6.45) is 4.86. The van der Waals surface area contributed by atoms with Crippen LogP contribution < -0.4 is 20.8 Å². The van der Waals surface area contributed by atoms with Gasteiger partial charge in [0.2, 0.25) is 11.9 Å². The number of likely N-dealkylation sites (N-methyl/N-ethyl adjacent to an activating group) is 1. The molecular weight excluding hydrogens is 512 g/mol. The highest BCUT2D eigenvalue weighted by atomic mass is 35.5. The summed E-state index contributed by atoms with van der Waals surface area (Å²) in [6.45, 7) is 2.14. The molecule has 0 saturated carbocycles. The number of fused-ring (bicyclic) bond motifs is 1. The average Bonchev–Trinajstić information content (AvgIpc) is 2.86. The van der Waals surface area contributed by atoms with E-state index in [-0.39, 0.29) is 41.7 Å². The Morgan fingerprint density at radius 2 is 1.97 bits per heavy atom. The van der Waals surface area contributed by atoms with Crippen LogP contribution in [0, 0.1) is 0 Å². The second-order valence-corrected chi connectivity index (χ2v) is 9.49. The van der Waals surface area contributed by atoms with E-state index in [4.69, 9.17) is 31.5 Å². The molecule has 1 fully saturated rings. The number of carbonyl (C=O) groups is 1. The van der Waals surface area contributed by atoms with Crippen molar-refractivity contribution in [1.29, 1.82) is 0 Å². The molecule has 12 heteroatoms. The standard InChI is InChI=1S/C26H31ClN6O5/c1-31(2)7-5-6-22(34)32-14-18(15-32)38-9-8-33-24-16(13-29-26(28)30-24)10-20(25(33)35)19-11-17(36-3)12-21(37-4)23(19)27/h5-6,10-13,18H,7-9,14-15H2,1-4H3,(H2,28,29,30)/b6-5+. The topological polar surface area (TPSA) is 125 Å². The number of aromatic nitrogens is 3. The number of pyridine rings is 1. The van der Waals surface area contributed by atoms with Gasteiger partial charge in [0.15, 0.2) is 0 Å². The smallest absolute Gasteiger partial charge is 0.260 e. The fourth-order valence-electron chi connectivity index (χ4n) is 4.11. The van der Waals surface area contributed by atoms with E-state index in [0.717, 1.165) is 0 Å². The van der Waals surface area contributed by atoms with Gasteiger partial charge in [-0.25, -0.2) is 4.98 Å². The van der Waals surface area contributed by atoms with Crippen LogP contribution in [0.15, 0.2) is 41.3 Å². The van der Waals surface area contributed by atoms with Crippen molar-refractivity contribution < 1.29 is 19.0 Å². The van der Waals surface area contributed by atoms with Crippen LogP contribution in [0.2, 0.25) is 5.02 Å². The first-order valence-corrected chi connectivity index (χ1v) is 12.4. The third-order valence-corrected chi connectivity index (χ3v) is 6.55. The predicted octanol–water partition coefficient (Wildman–Crippen LogP) is 2.06. The summed E-state index contributed by atoms with van der Waals surface area (Å²) in [5.41, 5.74) is 6.67. The summed E-state index contributed by atoms with van der Waals surface area (Å²) >= 11 is 6.59. The number of anilines is 1. The zero-order chi connectivity index (χ0) is 27.4. The van der Waals surface area contributed by atoms with Crippen molar-refractivity contribution in [1.82, 2.24) is 24.3 Å². The molecule has 0 aliphatic carbocycles. The Balaban J connectivity index is 1.55. The summed E-state index contributed by atoms with van der Waals surface area (Å²) in [4.78, 5) is 38.0. The number of benzene rings is 1. The van der Waals surface area contributed by atoms with Crippen LogP contribution in [0.5, 0.6) is 11.5 Å². The van der Waals surface area contributed by atoms with Crippen LogP contribution in [-0.2, 0) is 16.1 Å². The molecule has 1 aliphatic heterocycles. The number of nitrogens with two attached hydrogens (primary N) is 1. The molecule has 202 valence electrons. The third kappa shape index (κ3) is 5.90. The van der Waals surface area contributed by atoms with Gasteiger partial charge < -0.3 is 29.7 Å². The zero-order valence-corrected chi connectivity index (χ0v) is 22.6. The van der Waals surface area contributed by atoms with Gasteiger partial charge in [0, 0.05) is 54.5 Å². The Morgan fingerprint density at radius 3 is 2.66 bits per heavy atom. The number of hydrogen-bond acceptors (Lipinski definition) is 9. The van der Waals surface area contributed by atoms with Crippen molar-refractivity contribution in [3.05, 3.63) is 51.9 Å². The monoisotopic (exact) mass is 542 g/mol. The van der Waals surface area contributed by atoms with Crippen molar-refractivity contribution in [2.24, 2.45) is 0 Å². The number of nitrogen functional groups attached to an aromatic ring is 1. The zero-order valence-electron chi connectivity index (χ0n) is 21.8. The number of methoxy groups -OCH3 is 2. The summed E-state index contributed by atoms with van der Waals surface area (Å²) in [7, 11) is 6.89. The summed E-state index contributed by atoms with van der Waals surface area (Å²) in [5, 5.41) is 0.888. The fraction of sp³-hybridized carbons (Fsp3) is 0.385. The Morgan fingerprint density at radius 1 is 1.21 bits per heavy atom. The summed E-state index contributed by atoms with van der Waals surface area (Å²) < 4.78 is 18.2. The maximum absolute atomic E-state index is 13.7. The van der Waals surface area contributed by atoms with Crippen LogP contribution in [-0.4, -0.2) is 90.9 Å². The molecular formula is C26H31ClN6O5. The fourth-order valence-corrected chi connectivity index (χ4v) is 4.40. The van der Waals surface area contributed by atoms with Gasteiger partial charge in [0.1, 0.15) is 17.1 Å². The van der Waals surface area contributed by atoms with Gasteiger partial charge in [-0.1, -0.05) is 17.7 Å². The molecule has 0 radical (unpaired) electrons. The Labute approximate surface area is 225 Å². The molecule has 1 saturated heterocycles. The number of halogens is 1. The number of hydrogen-bond donors (Lipinski definition) is 1. The highest BCUT2D eigenvalue weighted by Gasteiger charge is 2.30. The molecule has 11 nitrogen and oxygen atoms in total. The lowest BCUT2D eigenvalue weighted by atomic mass is 10.0. The minimum atomic E-state index is -0.326. The predicted molar refractivity (Wildman–Crippen MR) is 146 cm³/mol. The van der Waals surface area contributed by atoms with Crippen LogP contribution in [0.25, 0.3) is 22.2 Å². The molecule has 3 aromatic rings. The lowest BCUT2D eigenvalue weighted by molar-refractivity contribution is -0.139. The first-order chi connectivity index (χ1) is 18.2. The van der Waals surface area contributed by atoms with E-state index in [2.05, 4.69) is 9.97 Å². The molecule has 3 heterocycles. The van der Waals surface area contributed by atoms with Crippen LogP contribution in [0.1, 0.15) is 0 Å². The van der Waals surface area contributed by atoms with Gasteiger partial charge >= 0.3 is 0 Å². The van der Waals surface area contributed by atoms with Crippen molar-refractivity contribution in [2.75, 3.05) is 60.3 Å². The molecule has 2 N–H and O–H groups in total. The first kappa shape index (κ1) is 27.4. The molecule has 0 atom stereocenters. The molecule has 1 aliphatic rings. The van der Waals surface area contributed by atoms with Gasteiger partial charge in [-0.05, 0) is 26.2 Å². The van der Waals surface area contributed by atoms with E-state index in [9.17, 15) is 9.59 Å². The highest BCUT2D eigenvalue weighted by molar-refractivity contribution is 6.35. The Bertz CT molecular complexity index is 1420. The van der Waals surface area contributed by atoms with Gasteiger partial charge in [-0.3, -0.25) is 14.2 Å². The molecule has 1 aromatic carbocycles. The minimum Gasteiger partial charge on any atom is -0.497 e. The maximum Gasteiger partial charge on any atom is 0.260 e. The summed E-state index contributed by atoms with van der Waals surface area (Å²) in [6, 6.07) is 5.00. The van der Waals surface area contributed by atoms with Crippen LogP contribution in [0.3, 0.4) is 0 Å².